The lowest BCUT2D eigenvalue weighted by Crippen LogP contribution is -2.46. The van der Waals surface area contributed by atoms with E-state index in [1.54, 1.807) is 0 Å². The van der Waals surface area contributed by atoms with Crippen molar-refractivity contribution in [1.29, 1.82) is 0 Å². The van der Waals surface area contributed by atoms with Crippen LogP contribution in [0.1, 0.15) is 30.1 Å². The van der Waals surface area contributed by atoms with E-state index in [9.17, 15) is 4.79 Å². The number of likely N-dealkylation sites (tertiary alicyclic amines) is 1. The van der Waals surface area contributed by atoms with Gasteiger partial charge < -0.3 is 9.64 Å². The predicted molar refractivity (Wildman–Crippen MR) is 96.1 cm³/mol. The van der Waals surface area contributed by atoms with Crippen LogP contribution in [0.25, 0.3) is 5.65 Å². The number of nitrogens with zero attached hydrogens (tertiary/aromatic N) is 4. The van der Waals surface area contributed by atoms with Crippen LogP contribution in [-0.4, -0.2) is 44.6 Å². The lowest BCUT2D eigenvalue weighted by atomic mass is 9.96. The number of benzene rings is 1. The highest BCUT2D eigenvalue weighted by Crippen LogP contribution is 2.31. The molecule has 2 unspecified atom stereocenters. The third-order valence-corrected chi connectivity index (χ3v) is 5.36. The van der Waals surface area contributed by atoms with Gasteiger partial charge in [-0.2, -0.15) is 0 Å². The fourth-order valence-electron chi connectivity index (χ4n) is 4.05. The molecule has 6 heteroatoms. The quantitative estimate of drug-likeness (QED) is 0.714. The minimum Gasteiger partial charge on any atom is -0.480 e. The molecule has 2 atom stereocenters. The van der Waals surface area contributed by atoms with Gasteiger partial charge in [0.15, 0.2) is 11.8 Å². The molecule has 0 saturated carbocycles. The fraction of sp³-hybridized carbons (Fsp3) is 0.350. The number of carbonyl (C=O) groups is 1. The van der Waals surface area contributed by atoms with Crippen molar-refractivity contribution >= 4 is 11.6 Å². The Morgan fingerprint density at radius 3 is 2.92 bits per heavy atom. The van der Waals surface area contributed by atoms with Crippen molar-refractivity contribution in [1.82, 2.24) is 19.5 Å². The van der Waals surface area contributed by atoms with Gasteiger partial charge in [0, 0.05) is 31.6 Å². The second-order valence-electron chi connectivity index (χ2n) is 7.03. The van der Waals surface area contributed by atoms with Crippen molar-refractivity contribution in [2.45, 2.75) is 31.3 Å². The first-order valence-corrected chi connectivity index (χ1v) is 9.12. The molecule has 1 amide bonds. The summed E-state index contributed by atoms with van der Waals surface area (Å²) in [5.41, 5.74) is 1.96. The zero-order chi connectivity index (χ0) is 17.5. The highest BCUT2D eigenvalue weighted by Gasteiger charge is 2.35. The average Bonchev–Trinajstić information content (AvgIpc) is 3.31. The Morgan fingerprint density at radius 2 is 2.00 bits per heavy atom. The second kappa shape index (κ2) is 6.12. The van der Waals surface area contributed by atoms with Gasteiger partial charge in [-0.25, -0.2) is 0 Å². The van der Waals surface area contributed by atoms with Gasteiger partial charge in [-0.05, 0) is 36.6 Å². The maximum Gasteiger partial charge on any atom is 0.264 e. The van der Waals surface area contributed by atoms with E-state index < -0.39 is 6.10 Å². The summed E-state index contributed by atoms with van der Waals surface area (Å²) in [7, 11) is 0. The van der Waals surface area contributed by atoms with Crippen LogP contribution in [0.3, 0.4) is 0 Å². The molecule has 2 aliphatic rings. The number of hydrogen-bond acceptors (Lipinski definition) is 4. The van der Waals surface area contributed by atoms with Crippen LogP contribution in [0.5, 0.6) is 5.75 Å². The molecular weight excluding hydrogens is 328 g/mol. The predicted octanol–water partition coefficient (Wildman–Crippen LogP) is 2.44. The first-order chi connectivity index (χ1) is 12.8. The maximum absolute atomic E-state index is 13.0. The normalized spacial score (nSPS) is 22.2. The number of aromatic nitrogens is 3. The third kappa shape index (κ3) is 2.53. The molecule has 0 radical (unpaired) electrons. The number of ether oxygens (including phenoxy) is 1. The van der Waals surface area contributed by atoms with Gasteiger partial charge in [-0.15, -0.1) is 10.2 Å². The smallest absolute Gasteiger partial charge is 0.264 e. The second-order valence-corrected chi connectivity index (χ2v) is 7.03. The summed E-state index contributed by atoms with van der Waals surface area (Å²) in [5, 5.41) is 8.64. The number of amides is 1. The topological polar surface area (TPSA) is 59.7 Å². The first-order valence-electron chi connectivity index (χ1n) is 9.12. The number of fused-ring (bicyclic) bond motifs is 2. The van der Waals surface area contributed by atoms with Crippen molar-refractivity contribution in [3.63, 3.8) is 0 Å². The standard InChI is InChI=1S/C20H20N4O2/c25-20(17-12-14-6-1-2-8-16(14)26-17)23-10-5-7-15(13-23)19-22-21-18-9-3-4-11-24(18)19/h1-4,6,8-9,11,15,17H,5,7,10,12-13H2. The van der Waals surface area contributed by atoms with Gasteiger partial charge in [0.05, 0.1) is 0 Å². The Bertz CT molecular complexity index is 942. The lowest BCUT2D eigenvalue weighted by Gasteiger charge is -2.33. The van der Waals surface area contributed by atoms with Crippen molar-refractivity contribution in [3.8, 4) is 5.75 Å². The van der Waals surface area contributed by atoms with Gasteiger partial charge in [0.25, 0.3) is 5.91 Å². The van der Waals surface area contributed by atoms with E-state index in [4.69, 9.17) is 4.74 Å². The van der Waals surface area contributed by atoms with E-state index in [2.05, 4.69) is 10.2 Å². The molecule has 2 aromatic heterocycles. The minimum atomic E-state index is -0.402. The Balaban J connectivity index is 1.34. The third-order valence-electron chi connectivity index (χ3n) is 5.36. The van der Waals surface area contributed by atoms with Gasteiger partial charge in [0.2, 0.25) is 0 Å². The largest absolute Gasteiger partial charge is 0.480 e. The van der Waals surface area contributed by atoms with Crippen molar-refractivity contribution < 1.29 is 9.53 Å². The summed E-state index contributed by atoms with van der Waals surface area (Å²) in [5.74, 6) is 2.06. The zero-order valence-corrected chi connectivity index (χ0v) is 14.4. The van der Waals surface area contributed by atoms with E-state index in [1.807, 2.05) is 58.0 Å². The Hall–Kier alpha value is -2.89. The van der Waals surface area contributed by atoms with E-state index >= 15 is 0 Å². The summed E-state index contributed by atoms with van der Waals surface area (Å²) in [6, 6.07) is 13.8. The molecule has 1 fully saturated rings. The van der Waals surface area contributed by atoms with Crippen LogP contribution in [-0.2, 0) is 11.2 Å². The van der Waals surface area contributed by atoms with Crippen molar-refractivity contribution in [2.24, 2.45) is 0 Å². The number of hydrogen-bond donors (Lipinski definition) is 0. The van der Waals surface area contributed by atoms with Crippen LogP contribution >= 0.6 is 0 Å². The molecule has 0 N–H and O–H groups in total. The first kappa shape index (κ1) is 15.4. The number of pyridine rings is 1. The van der Waals surface area contributed by atoms with E-state index in [1.165, 1.54) is 0 Å². The van der Waals surface area contributed by atoms with Crippen LogP contribution in [0.4, 0.5) is 0 Å². The number of rotatable bonds is 2. The van der Waals surface area contributed by atoms with Gasteiger partial charge in [0.1, 0.15) is 11.6 Å². The average molecular weight is 348 g/mol. The molecule has 0 bridgehead atoms. The van der Waals surface area contributed by atoms with Crippen molar-refractivity contribution in [2.75, 3.05) is 13.1 Å². The highest BCUT2D eigenvalue weighted by molar-refractivity contribution is 5.82. The summed E-state index contributed by atoms with van der Waals surface area (Å²) >= 11 is 0. The molecule has 5 rings (SSSR count). The Morgan fingerprint density at radius 1 is 1.12 bits per heavy atom. The number of piperidine rings is 1. The van der Waals surface area contributed by atoms with Crippen LogP contribution in [0, 0.1) is 0 Å². The van der Waals surface area contributed by atoms with Crippen LogP contribution < -0.4 is 4.74 Å². The van der Waals surface area contributed by atoms with Crippen LogP contribution in [0.2, 0.25) is 0 Å². The summed E-state index contributed by atoms with van der Waals surface area (Å²) in [6.07, 6.45) is 4.23. The summed E-state index contributed by atoms with van der Waals surface area (Å²) in [6.45, 7) is 1.45. The molecule has 26 heavy (non-hydrogen) atoms. The highest BCUT2D eigenvalue weighted by atomic mass is 16.5. The molecular formula is C20H20N4O2. The molecule has 4 heterocycles. The number of para-hydroxylation sites is 1. The van der Waals surface area contributed by atoms with E-state index in [0.717, 1.165) is 42.2 Å². The molecule has 2 aliphatic heterocycles. The minimum absolute atomic E-state index is 0.0831. The maximum atomic E-state index is 13.0. The molecule has 0 aliphatic carbocycles. The summed E-state index contributed by atoms with van der Waals surface area (Å²) < 4.78 is 7.92. The van der Waals surface area contributed by atoms with Gasteiger partial charge >= 0.3 is 0 Å². The van der Waals surface area contributed by atoms with Crippen molar-refractivity contribution in [3.05, 3.63) is 60.0 Å². The fourth-order valence-corrected chi connectivity index (χ4v) is 4.05. The zero-order valence-electron chi connectivity index (χ0n) is 14.4. The lowest BCUT2D eigenvalue weighted by molar-refractivity contribution is -0.139. The Kier molecular flexibility index (Phi) is 3.62. The SMILES string of the molecule is O=C(C1Cc2ccccc2O1)N1CCCC(c2nnc3ccccn23)C1. The number of carbonyl (C=O) groups excluding carboxylic acids is 1. The van der Waals surface area contributed by atoms with Gasteiger partial charge in [-0.3, -0.25) is 9.20 Å². The van der Waals surface area contributed by atoms with Crippen LogP contribution in [0.15, 0.2) is 48.7 Å². The Labute approximate surface area is 151 Å². The molecule has 6 nitrogen and oxygen atoms in total. The summed E-state index contributed by atoms with van der Waals surface area (Å²) in [4.78, 5) is 14.9. The molecule has 3 aromatic rings. The van der Waals surface area contributed by atoms with Gasteiger partial charge in [-0.1, -0.05) is 24.3 Å². The molecule has 1 saturated heterocycles. The van der Waals surface area contributed by atoms with E-state index in [-0.39, 0.29) is 11.8 Å². The monoisotopic (exact) mass is 348 g/mol. The van der Waals surface area contributed by atoms with E-state index in [0.29, 0.717) is 13.0 Å². The molecule has 1 aromatic carbocycles. The molecule has 0 spiro atoms. The molecule has 132 valence electrons.